The number of nitrogens with zero attached hydrogens (tertiary/aromatic N) is 2. The molecule has 2 aromatic carbocycles. The lowest BCUT2D eigenvalue weighted by Gasteiger charge is -2.13. The first-order chi connectivity index (χ1) is 13.2. The molecule has 10 heteroatoms. The van der Waals surface area contributed by atoms with E-state index in [1.54, 1.807) is 0 Å². The Bertz CT molecular complexity index is 1140. The van der Waals surface area contributed by atoms with Gasteiger partial charge in [-0.15, -0.1) is 0 Å². The highest BCUT2D eigenvalue weighted by atomic mass is 35.5. The van der Waals surface area contributed by atoms with Gasteiger partial charge in [-0.2, -0.15) is 0 Å². The number of carbonyl (C=O) groups excluding carboxylic acids is 1. The number of hydrogen-bond donors (Lipinski definition) is 1. The molecule has 0 radical (unpaired) electrons. The molecule has 148 valence electrons. The summed E-state index contributed by atoms with van der Waals surface area (Å²) in [6.45, 7) is 2.46. The Labute approximate surface area is 172 Å². The second kappa shape index (κ2) is 8.04. The minimum Gasteiger partial charge on any atom is -0.494 e. The van der Waals surface area contributed by atoms with Gasteiger partial charge in [-0.25, -0.2) is 17.7 Å². The minimum absolute atomic E-state index is 0.0497. The molecule has 3 aromatic rings. The molecule has 0 aliphatic heterocycles. The van der Waals surface area contributed by atoms with Gasteiger partial charge < -0.3 is 4.74 Å². The Balaban J connectivity index is 1.88. The molecule has 28 heavy (non-hydrogen) atoms. The summed E-state index contributed by atoms with van der Waals surface area (Å²) in [5.74, 6) is 0.253. The van der Waals surface area contributed by atoms with Crippen LogP contribution >= 0.6 is 22.9 Å². The van der Waals surface area contributed by atoms with Gasteiger partial charge >= 0.3 is 0 Å². The van der Waals surface area contributed by atoms with Crippen molar-refractivity contribution in [3.8, 4) is 5.75 Å². The van der Waals surface area contributed by atoms with Crippen LogP contribution in [0.1, 0.15) is 17.3 Å². The second-order valence-electron chi connectivity index (χ2n) is 5.97. The topological polar surface area (TPSA) is 88.6 Å². The van der Waals surface area contributed by atoms with Gasteiger partial charge in [-0.3, -0.25) is 10.1 Å². The summed E-state index contributed by atoms with van der Waals surface area (Å²) >= 11 is 7.33. The Morgan fingerprint density at radius 2 is 2.00 bits per heavy atom. The summed E-state index contributed by atoms with van der Waals surface area (Å²) in [6, 6.07) is 9.60. The number of hydrogen-bond acceptors (Lipinski definition) is 6. The molecule has 0 saturated carbocycles. The molecule has 7 nitrogen and oxygen atoms in total. The SMILES string of the molecule is CCOc1ccc2nc(NC(=O)c3ccc(Cl)c(S(=O)(=O)N(C)C)c3)sc2c1. The Hall–Kier alpha value is -2.20. The fourth-order valence-electron chi connectivity index (χ4n) is 2.42. The van der Waals surface area contributed by atoms with E-state index in [0.29, 0.717) is 11.7 Å². The first-order valence-corrected chi connectivity index (χ1v) is 10.9. The largest absolute Gasteiger partial charge is 0.494 e. The van der Waals surface area contributed by atoms with Crippen LogP contribution in [0.5, 0.6) is 5.75 Å². The molecule has 3 rings (SSSR count). The number of fused-ring (bicyclic) bond motifs is 1. The van der Waals surface area contributed by atoms with Gasteiger partial charge in [0.1, 0.15) is 10.6 Å². The van der Waals surface area contributed by atoms with Crippen LogP contribution in [0, 0.1) is 0 Å². The number of aromatic nitrogens is 1. The number of anilines is 1. The van der Waals surface area contributed by atoms with Gasteiger partial charge in [0.2, 0.25) is 10.0 Å². The van der Waals surface area contributed by atoms with E-state index in [-0.39, 0.29) is 15.5 Å². The van der Waals surface area contributed by atoms with Crippen LogP contribution in [-0.4, -0.2) is 44.3 Å². The first-order valence-electron chi connectivity index (χ1n) is 8.29. The van der Waals surface area contributed by atoms with Crippen molar-refractivity contribution in [2.45, 2.75) is 11.8 Å². The van der Waals surface area contributed by atoms with E-state index >= 15 is 0 Å². The monoisotopic (exact) mass is 439 g/mol. The maximum Gasteiger partial charge on any atom is 0.257 e. The number of sulfonamides is 1. The zero-order valence-corrected chi connectivity index (χ0v) is 17.8. The van der Waals surface area contributed by atoms with Gasteiger partial charge in [0.15, 0.2) is 5.13 Å². The lowest BCUT2D eigenvalue weighted by Crippen LogP contribution is -2.23. The number of rotatable bonds is 6. The van der Waals surface area contributed by atoms with Crippen LogP contribution in [0.25, 0.3) is 10.2 Å². The zero-order valence-electron chi connectivity index (χ0n) is 15.4. The molecule has 1 N–H and O–H groups in total. The summed E-state index contributed by atoms with van der Waals surface area (Å²) in [5.41, 5.74) is 0.898. The van der Waals surface area contributed by atoms with Gasteiger partial charge in [0.25, 0.3) is 5.91 Å². The molecule has 0 saturated heterocycles. The molecule has 0 spiro atoms. The molecule has 0 bridgehead atoms. The van der Waals surface area contributed by atoms with E-state index in [1.165, 1.54) is 43.6 Å². The van der Waals surface area contributed by atoms with Crippen molar-refractivity contribution in [1.29, 1.82) is 0 Å². The van der Waals surface area contributed by atoms with E-state index < -0.39 is 15.9 Å². The Kier molecular flexibility index (Phi) is 5.90. The van der Waals surface area contributed by atoms with Crippen LogP contribution in [0.4, 0.5) is 5.13 Å². The van der Waals surface area contributed by atoms with Crippen molar-refractivity contribution in [3.63, 3.8) is 0 Å². The minimum atomic E-state index is -3.77. The van der Waals surface area contributed by atoms with Crippen LogP contribution in [0.15, 0.2) is 41.3 Å². The summed E-state index contributed by atoms with van der Waals surface area (Å²) in [4.78, 5) is 16.8. The molecule has 1 heterocycles. The fourth-order valence-corrected chi connectivity index (χ4v) is 4.71. The van der Waals surface area contributed by atoms with Crippen LogP contribution < -0.4 is 10.1 Å². The average Bonchev–Trinajstić information content (AvgIpc) is 3.03. The number of thiazole rings is 1. The Morgan fingerprint density at radius 1 is 1.25 bits per heavy atom. The van der Waals surface area contributed by atoms with Crippen molar-refractivity contribution in [3.05, 3.63) is 47.0 Å². The fraction of sp³-hybridized carbons (Fsp3) is 0.222. The molecule has 0 atom stereocenters. The third-order valence-electron chi connectivity index (χ3n) is 3.84. The number of ether oxygens (including phenoxy) is 1. The van der Waals surface area contributed by atoms with Crippen LogP contribution in [0.2, 0.25) is 5.02 Å². The van der Waals surface area contributed by atoms with E-state index in [2.05, 4.69) is 10.3 Å². The third kappa shape index (κ3) is 4.12. The van der Waals surface area contributed by atoms with Crippen molar-refractivity contribution in [1.82, 2.24) is 9.29 Å². The molecule has 0 fully saturated rings. The van der Waals surface area contributed by atoms with Crippen molar-refractivity contribution in [2.75, 3.05) is 26.0 Å². The summed E-state index contributed by atoms with van der Waals surface area (Å²) in [5, 5.41) is 3.16. The number of halogens is 1. The highest BCUT2D eigenvalue weighted by molar-refractivity contribution is 7.89. The maximum atomic E-state index is 12.6. The lowest BCUT2D eigenvalue weighted by atomic mass is 10.2. The predicted molar refractivity (Wildman–Crippen MR) is 111 cm³/mol. The molecule has 0 aliphatic carbocycles. The summed E-state index contributed by atoms with van der Waals surface area (Å²) in [6.07, 6.45) is 0. The highest BCUT2D eigenvalue weighted by Gasteiger charge is 2.22. The first kappa shape index (κ1) is 20.5. The standard InChI is InChI=1S/C18H18ClN3O4S2/c1-4-26-12-6-8-14-15(10-12)27-18(20-14)21-17(23)11-5-7-13(19)16(9-11)28(24,25)22(2)3/h5-10H,4H2,1-3H3,(H,20,21,23). The van der Waals surface area contributed by atoms with Gasteiger partial charge in [-0.1, -0.05) is 22.9 Å². The maximum absolute atomic E-state index is 12.6. The lowest BCUT2D eigenvalue weighted by molar-refractivity contribution is 0.102. The zero-order chi connectivity index (χ0) is 20.5. The molecule has 1 amide bonds. The summed E-state index contributed by atoms with van der Waals surface area (Å²) < 4.78 is 32.1. The van der Waals surface area contributed by atoms with E-state index in [4.69, 9.17) is 16.3 Å². The number of benzene rings is 2. The third-order valence-corrected chi connectivity index (χ3v) is 7.07. The number of carbonyl (C=O) groups is 1. The van der Waals surface area contributed by atoms with Gasteiger partial charge in [0, 0.05) is 19.7 Å². The average molecular weight is 440 g/mol. The normalized spacial score (nSPS) is 11.8. The summed E-state index contributed by atoms with van der Waals surface area (Å²) in [7, 11) is -0.975. The van der Waals surface area contributed by atoms with Crippen LogP contribution in [-0.2, 0) is 10.0 Å². The quantitative estimate of drug-likeness (QED) is 0.630. The van der Waals surface area contributed by atoms with Gasteiger partial charge in [0.05, 0.1) is 21.8 Å². The molecule has 0 aliphatic rings. The van der Waals surface area contributed by atoms with Crippen molar-refractivity contribution in [2.24, 2.45) is 0 Å². The van der Waals surface area contributed by atoms with Crippen molar-refractivity contribution < 1.29 is 17.9 Å². The number of nitrogens with one attached hydrogen (secondary N) is 1. The van der Waals surface area contributed by atoms with Crippen molar-refractivity contribution >= 4 is 54.2 Å². The molecule has 0 unspecified atom stereocenters. The van der Waals surface area contributed by atoms with Crippen LogP contribution in [0.3, 0.4) is 0 Å². The van der Waals surface area contributed by atoms with E-state index in [1.807, 2.05) is 25.1 Å². The van der Waals surface area contributed by atoms with Gasteiger partial charge in [-0.05, 0) is 43.3 Å². The van der Waals surface area contributed by atoms with E-state index in [9.17, 15) is 13.2 Å². The van der Waals surface area contributed by atoms with E-state index in [0.717, 1.165) is 20.3 Å². The number of amides is 1. The Morgan fingerprint density at radius 3 is 2.68 bits per heavy atom. The molecular formula is C18H18ClN3O4S2. The molecular weight excluding hydrogens is 422 g/mol. The predicted octanol–water partition coefficient (Wildman–Crippen LogP) is 3.85. The smallest absolute Gasteiger partial charge is 0.257 e. The second-order valence-corrected chi connectivity index (χ2v) is 9.53. The molecule has 1 aromatic heterocycles. The highest BCUT2D eigenvalue weighted by Crippen LogP contribution is 2.30.